The van der Waals surface area contributed by atoms with Crippen molar-refractivity contribution in [2.45, 2.75) is 37.2 Å². The summed E-state index contributed by atoms with van der Waals surface area (Å²) in [6.45, 7) is 3.04. The van der Waals surface area contributed by atoms with Crippen LogP contribution in [0.15, 0.2) is 54.6 Å². The van der Waals surface area contributed by atoms with Gasteiger partial charge in [0.15, 0.2) is 18.2 Å². The van der Waals surface area contributed by atoms with Gasteiger partial charge in [-0.25, -0.2) is 18.8 Å². The quantitative estimate of drug-likeness (QED) is 0.334. The van der Waals surface area contributed by atoms with E-state index in [-0.39, 0.29) is 17.9 Å². The van der Waals surface area contributed by atoms with Crippen molar-refractivity contribution in [1.82, 2.24) is 4.90 Å². The third-order valence-electron chi connectivity index (χ3n) is 6.19. The Kier molecular flexibility index (Phi) is 9.34. The first-order valence-electron chi connectivity index (χ1n) is 11.5. The molecule has 36 heavy (non-hydrogen) atoms. The van der Waals surface area contributed by atoms with Crippen molar-refractivity contribution in [3.8, 4) is 0 Å². The number of hydrogen-bond donors (Lipinski definition) is 5. The van der Waals surface area contributed by atoms with Crippen molar-refractivity contribution < 1.29 is 43.9 Å². The highest BCUT2D eigenvalue weighted by Gasteiger charge is 2.38. The van der Waals surface area contributed by atoms with E-state index in [0.29, 0.717) is 11.6 Å². The minimum atomic E-state index is -2.27. The van der Waals surface area contributed by atoms with E-state index in [1.54, 1.807) is 12.1 Å². The summed E-state index contributed by atoms with van der Waals surface area (Å²) in [7, 11) is 0. The van der Waals surface area contributed by atoms with E-state index in [9.17, 15) is 18.8 Å². The monoisotopic (exact) mass is 504 g/mol. The molecule has 2 aromatic rings. The molecule has 5 N–H and O–H groups in total. The number of nitrogens with one attached hydrogen (secondary N) is 1. The second-order valence-corrected chi connectivity index (χ2v) is 8.67. The summed E-state index contributed by atoms with van der Waals surface area (Å²) >= 11 is 0. The van der Waals surface area contributed by atoms with Gasteiger partial charge in [0, 0.05) is 12.2 Å². The van der Waals surface area contributed by atoms with E-state index >= 15 is 0 Å². The van der Waals surface area contributed by atoms with Crippen LogP contribution in [0.1, 0.15) is 24.4 Å². The number of esters is 1. The van der Waals surface area contributed by atoms with Crippen molar-refractivity contribution in [3.63, 3.8) is 0 Å². The van der Waals surface area contributed by atoms with Crippen LogP contribution in [-0.4, -0.2) is 81.2 Å². The molecule has 2 aromatic carbocycles. The van der Waals surface area contributed by atoms with Crippen LogP contribution in [0, 0.1) is 11.7 Å². The number of halogens is 1. The molecule has 3 saturated heterocycles. The number of fused-ring (bicyclic) bond motifs is 3. The van der Waals surface area contributed by atoms with Gasteiger partial charge in [-0.05, 0) is 61.7 Å². The number of carbonyl (C=O) groups excluding carboxylic acids is 1. The Morgan fingerprint density at radius 2 is 1.47 bits per heavy atom. The summed E-state index contributed by atoms with van der Waals surface area (Å²) in [5.74, 6) is -3.66. The zero-order valence-corrected chi connectivity index (χ0v) is 19.4. The lowest BCUT2D eigenvalue weighted by atomic mass is 9.86. The minimum absolute atomic E-state index is 0.0359. The Hall–Kier alpha value is -3.54. The zero-order valence-electron chi connectivity index (χ0n) is 19.4. The van der Waals surface area contributed by atoms with E-state index in [4.69, 9.17) is 25.2 Å². The molecule has 0 saturated carbocycles. The fraction of sp³-hybridized carbons (Fsp3) is 0.400. The largest absolute Gasteiger partial charge is 0.479 e. The van der Waals surface area contributed by atoms with Crippen LogP contribution in [0.5, 0.6) is 0 Å². The Bertz CT molecular complexity index is 1010. The first-order chi connectivity index (χ1) is 17.2. The van der Waals surface area contributed by atoms with Gasteiger partial charge in [-0.1, -0.05) is 30.3 Å². The third kappa shape index (κ3) is 7.23. The molecule has 0 aromatic heterocycles. The lowest BCUT2D eigenvalue weighted by Gasteiger charge is -2.44. The lowest BCUT2D eigenvalue weighted by Crippen LogP contribution is -2.52. The van der Waals surface area contributed by atoms with Crippen molar-refractivity contribution in [1.29, 1.82) is 0 Å². The number of ether oxygens (including phenoxy) is 1. The molecule has 0 spiro atoms. The molecule has 3 aliphatic heterocycles. The summed E-state index contributed by atoms with van der Waals surface area (Å²) in [5, 5.41) is 35.7. The summed E-state index contributed by atoms with van der Waals surface area (Å²) in [6, 6.07) is 14.9. The maximum Gasteiger partial charge on any atom is 0.335 e. The highest BCUT2D eigenvalue weighted by molar-refractivity contribution is 5.83. The Morgan fingerprint density at radius 1 is 0.917 bits per heavy atom. The molecular weight excluding hydrogens is 475 g/mol. The van der Waals surface area contributed by atoms with Crippen LogP contribution >= 0.6 is 0 Å². The predicted octanol–water partition coefficient (Wildman–Crippen LogP) is 1.49. The standard InChI is InChI=1S/C21H23FN2O2.C4H6O6/c22-17-6-8-18(9-7-17)23-20(16-4-2-1-3-5-16)21(25)26-19-14-24-12-10-15(19)11-13-24;5-1(3(7)8)2(6)4(9)10/h1-9,15,19-20,23H,10-14H2;1-2,5-6H,(H,7,8)(H,9,10)/t19-,20?;1-,2-/m00/s1. The summed E-state index contributed by atoms with van der Waals surface area (Å²) < 4.78 is 19.1. The Balaban J connectivity index is 0.000000308. The fourth-order valence-corrected chi connectivity index (χ4v) is 4.17. The number of carboxylic acids is 2. The van der Waals surface area contributed by atoms with E-state index in [1.807, 2.05) is 30.3 Å². The van der Waals surface area contributed by atoms with Gasteiger partial charge >= 0.3 is 17.9 Å². The van der Waals surface area contributed by atoms with Crippen molar-refractivity contribution in [2.24, 2.45) is 5.92 Å². The number of hydrogen-bond acceptors (Lipinski definition) is 8. The number of carboxylic acid groups (broad SMARTS) is 2. The molecule has 5 rings (SSSR count). The molecule has 1 unspecified atom stereocenters. The van der Waals surface area contributed by atoms with E-state index in [2.05, 4.69) is 10.2 Å². The van der Waals surface area contributed by atoms with Crippen LogP contribution in [0.4, 0.5) is 10.1 Å². The van der Waals surface area contributed by atoms with Crippen molar-refractivity contribution in [2.75, 3.05) is 25.0 Å². The van der Waals surface area contributed by atoms with E-state index < -0.39 is 30.2 Å². The normalized spacial score (nSPS) is 22.8. The van der Waals surface area contributed by atoms with Gasteiger partial charge in [-0.15, -0.1) is 0 Å². The molecule has 3 aliphatic rings. The minimum Gasteiger partial charge on any atom is -0.479 e. The van der Waals surface area contributed by atoms with Gasteiger partial charge in [0.05, 0.1) is 0 Å². The molecule has 0 amide bonds. The molecule has 0 aliphatic carbocycles. The van der Waals surface area contributed by atoms with Gasteiger partial charge in [0.25, 0.3) is 0 Å². The maximum atomic E-state index is 13.2. The molecule has 11 heteroatoms. The Labute approximate surface area is 206 Å². The van der Waals surface area contributed by atoms with Crippen LogP contribution in [-0.2, 0) is 19.1 Å². The predicted molar refractivity (Wildman–Crippen MR) is 126 cm³/mol. The number of rotatable bonds is 8. The molecule has 10 nitrogen and oxygen atoms in total. The third-order valence-corrected chi connectivity index (χ3v) is 6.19. The number of benzene rings is 2. The number of aliphatic carboxylic acids is 2. The van der Waals surface area contributed by atoms with Crippen LogP contribution in [0.2, 0.25) is 0 Å². The first-order valence-corrected chi connectivity index (χ1v) is 11.5. The summed E-state index contributed by atoms with van der Waals surface area (Å²) in [4.78, 5) is 34.9. The topological polar surface area (TPSA) is 157 Å². The van der Waals surface area contributed by atoms with Crippen molar-refractivity contribution >= 4 is 23.6 Å². The zero-order chi connectivity index (χ0) is 26.2. The highest BCUT2D eigenvalue weighted by atomic mass is 19.1. The van der Waals surface area contributed by atoms with Crippen LogP contribution in [0.25, 0.3) is 0 Å². The molecule has 4 atom stereocenters. The second-order valence-electron chi connectivity index (χ2n) is 8.67. The number of nitrogens with zero attached hydrogens (tertiary/aromatic N) is 1. The summed E-state index contributed by atoms with van der Waals surface area (Å²) in [6.07, 6.45) is -2.38. The SMILES string of the molecule is O=C(O)[C@@H](O)[C@H](O)C(=O)O.O=C(O[C@H]1CN2CCC1CC2)C(Nc1ccc(F)cc1)c1ccccc1. The molecule has 3 fully saturated rings. The second kappa shape index (κ2) is 12.4. The first kappa shape index (κ1) is 27.1. The van der Waals surface area contributed by atoms with Crippen LogP contribution < -0.4 is 5.32 Å². The van der Waals surface area contributed by atoms with Gasteiger partial charge in [-0.3, -0.25) is 4.90 Å². The number of piperidine rings is 3. The number of anilines is 1. The van der Waals surface area contributed by atoms with Gasteiger partial charge in [0.2, 0.25) is 0 Å². The molecule has 2 bridgehead atoms. The average molecular weight is 505 g/mol. The van der Waals surface area contributed by atoms with Gasteiger partial charge in [-0.2, -0.15) is 0 Å². The Morgan fingerprint density at radius 3 is 1.94 bits per heavy atom. The number of carbonyl (C=O) groups is 3. The van der Waals surface area contributed by atoms with E-state index in [0.717, 1.165) is 38.0 Å². The molecule has 3 heterocycles. The fourth-order valence-electron chi connectivity index (χ4n) is 4.17. The lowest BCUT2D eigenvalue weighted by molar-refractivity contribution is -0.165. The van der Waals surface area contributed by atoms with Crippen molar-refractivity contribution in [3.05, 3.63) is 66.0 Å². The number of aliphatic hydroxyl groups excluding tert-OH is 2. The van der Waals surface area contributed by atoms with Crippen LogP contribution in [0.3, 0.4) is 0 Å². The summed E-state index contributed by atoms with van der Waals surface area (Å²) in [5.41, 5.74) is 1.52. The molecule has 0 radical (unpaired) electrons. The smallest absolute Gasteiger partial charge is 0.335 e. The number of aliphatic hydroxyl groups is 2. The van der Waals surface area contributed by atoms with Gasteiger partial charge < -0.3 is 30.5 Å². The van der Waals surface area contributed by atoms with E-state index in [1.165, 1.54) is 12.1 Å². The maximum absolute atomic E-state index is 13.2. The highest BCUT2D eigenvalue weighted by Crippen LogP contribution is 2.31. The average Bonchev–Trinajstić information content (AvgIpc) is 2.88. The molecule has 194 valence electrons. The molecular formula is C25H29FN2O8. The van der Waals surface area contributed by atoms with Gasteiger partial charge in [0.1, 0.15) is 11.9 Å².